The summed E-state index contributed by atoms with van der Waals surface area (Å²) in [5, 5.41) is 3.98. The fourth-order valence-electron chi connectivity index (χ4n) is 3.52. The number of imidazole rings is 1. The molecule has 0 spiro atoms. The third kappa shape index (κ3) is 3.17. The van der Waals surface area contributed by atoms with Gasteiger partial charge in [0.25, 0.3) is 0 Å². The van der Waals surface area contributed by atoms with Crippen LogP contribution in [0.4, 0.5) is 5.69 Å². The fourth-order valence-corrected chi connectivity index (χ4v) is 3.52. The SMILES string of the molecule is Cc1ccc2cccc(NC(=O)CCc3ccc4c(c3)n(C)c(=O)n4C)c2n1. The van der Waals surface area contributed by atoms with Crippen LogP contribution < -0.4 is 11.0 Å². The second-order valence-corrected chi connectivity index (χ2v) is 7.10. The van der Waals surface area contributed by atoms with E-state index in [0.717, 1.165) is 38.9 Å². The third-order valence-corrected chi connectivity index (χ3v) is 5.11. The summed E-state index contributed by atoms with van der Waals surface area (Å²) in [6.45, 7) is 1.94. The summed E-state index contributed by atoms with van der Waals surface area (Å²) >= 11 is 0. The maximum Gasteiger partial charge on any atom is 0.328 e. The third-order valence-electron chi connectivity index (χ3n) is 5.11. The van der Waals surface area contributed by atoms with Crippen molar-refractivity contribution in [2.24, 2.45) is 14.1 Å². The van der Waals surface area contributed by atoms with E-state index in [1.54, 1.807) is 23.2 Å². The zero-order valence-electron chi connectivity index (χ0n) is 16.2. The number of benzene rings is 2. The Labute approximate surface area is 162 Å². The predicted molar refractivity (Wildman–Crippen MR) is 112 cm³/mol. The van der Waals surface area contributed by atoms with E-state index >= 15 is 0 Å². The minimum Gasteiger partial charge on any atom is -0.324 e. The first-order valence-corrected chi connectivity index (χ1v) is 9.24. The molecule has 0 atom stereocenters. The van der Waals surface area contributed by atoms with Gasteiger partial charge in [0.05, 0.1) is 22.2 Å². The van der Waals surface area contributed by atoms with Gasteiger partial charge in [-0.15, -0.1) is 0 Å². The van der Waals surface area contributed by atoms with E-state index in [4.69, 9.17) is 0 Å². The largest absolute Gasteiger partial charge is 0.328 e. The highest BCUT2D eigenvalue weighted by Crippen LogP contribution is 2.22. The highest BCUT2D eigenvalue weighted by Gasteiger charge is 2.10. The lowest BCUT2D eigenvalue weighted by Crippen LogP contribution is -2.19. The van der Waals surface area contributed by atoms with Crippen molar-refractivity contribution in [1.82, 2.24) is 14.1 Å². The van der Waals surface area contributed by atoms with Crippen LogP contribution in [0.15, 0.2) is 53.3 Å². The summed E-state index contributed by atoms with van der Waals surface area (Å²) in [6, 6.07) is 15.6. The monoisotopic (exact) mass is 374 g/mol. The Morgan fingerprint density at radius 3 is 2.64 bits per heavy atom. The summed E-state index contributed by atoms with van der Waals surface area (Å²) in [6.07, 6.45) is 0.955. The highest BCUT2D eigenvalue weighted by atomic mass is 16.2. The Bertz CT molecular complexity index is 1270. The minimum absolute atomic E-state index is 0.0522. The van der Waals surface area contributed by atoms with Gasteiger partial charge >= 0.3 is 5.69 Å². The van der Waals surface area contributed by atoms with E-state index in [2.05, 4.69) is 10.3 Å². The summed E-state index contributed by atoms with van der Waals surface area (Å²) in [7, 11) is 3.52. The number of nitrogens with zero attached hydrogens (tertiary/aromatic N) is 3. The van der Waals surface area contributed by atoms with Crippen LogP contribution in [0.5, 0.6) is 0 Å². The van der Waals surface area contributed by atoms with Crippen LogP contribution in [0.2, 0.25) is 0 Å². The van der Waals surface area contributed by atoms with Gasteiger partial charge in [0.15, 0.2) is 0 Å². The van der Waals surface area contributed by atoms with Crippen molar-refractivity contribution in [3.63, 3.8) is 0 Å². The topological polar surface area (TPSA) is 68.9 Å². The van der Waals surface area contributed by atoms with Crippen LogP contribution in [0, 0.1) is 6.92 Å². The summed E-state index contributed by atoms with van der Waals surface area (Å²) in [5.41, 5.74) is 5.18. The van der Waals surface area contributed by atoms with Crippen LogP contribution in [0.3, 0.4) is 0 Å². The molecule has 0 unspecified atom stereocenters. The van der Waals surface area contributed by atoms with Crippen LogP contribution in [-0.4, -0.2) is 20.0 Å². The molecule has 0 aliphatic heterocycles. The summed E-state index contributed by atoms with van der Waals surface area (Å²) < 4.78 is 3.25. The molecule has 0 saturated heterocycles. The maximum atomic E-state index is 12.5. The highest BCUT2D eigenvalue weighted by molar-refractivity contribution is 6.00. The van der Waals surface area contributed by atoms with Crippen LogP contribution >= 0.6 is 0 Å². The lowest BCUT2D eigenvalue weighted by molar-refractivity contribution is -0.116. The van der Waals surface area contributed by atoms with Crippen molar-refractivity contribution in [3.05, 3.63) is 70.3 Å². The molecule has 2 heterocycles. The molecule has 0 fully saturated rings. The number of rotatable bonds is 4. The Hall–Kier alpha value is -3.41. The smallest absolute Gasteiger partial charge is 0.324 e. The maximum absolute atomic E-state index is 12.5. The molecule has 142 valence electrons. The number of carbonyl (C=O) groups is 1. The Morgan fingerprint density at radius 1 is 1.04 bits per heavy atom. The number of fused-ring (bicyclic) bond motifs is 2. The summed E-state index contributed by atoms with van der Waals surface area (Å²) in [5.74, 6) is -0.0575. The van der Waals surface area contributed by atoms with Crippen molar-refractivity contribution in [3.8, 4) is 0 Å². The van der Waals surface area contributed by atoms with Crippen molar-refractivity contribution in [2.45, 2.75) is 19.8 Å². The molecule has 0 saturated carbocycles. The molecule has 2 aromatic carbocycles. The second kappa shape index (κ2) is 6.96. The average molecular weight is 374 g/mol. The lowest BCUT2D eigenvalue weighted by atomic mass is 10.1. The number of pyridine rings is 1. The fraction of sp³-hybridized carbons (Fsp3) is 0.227. The first kappa shape index (κ1) is 18.0. The van der Waals surface area contributed by atoms with E-state index in [1.165, 1.54) is 0 Å². The lowest BCUT2D eigenvalue weighted by Gasteiger charge is -2.09. The number of carbonyl (C=O) groups excluding carboxylic acids is 1. The zero-order chi connectivity index (χ0) is 19.8. The van der Waals surface area contributed by atoms with E-state index in [-0.39, 0.29) is 11.6 Å². The van der Waals surface area contributed by atoms with Gasteiger partial charge < -0.3 is 5.32 Å². The molecule has 4 aromatic rings. The molecule has 28 heavy (non-hydrogen) atoms. The second-order valence-electron chi connectivity index (χ2n) is 7.10. The predicted octanol–water partition coefficient (Wildman–Crippen LogP) is 3.30. The quantitative estimate of drug-likeness (QED) is 0.596. The van der Waals surface area contributed by atoms with Gasteiger partial charge in [-0.2, -0.15) is 0 Å². The molecule has 4 rings (SSSR count). The molecule has 1 amide bonds. The van der Waals surface area contributed by atoms with Gasteiger partial charge in [-0.25, -0.2) is 4.79 Å². The van der Waals surface area contributed by atoms with E-state index in [9.17, 15) is 9.59 Å². The van der Waals surface area contributed by atoms with Gasteiger partial charge in [-0.1, -0.05) is 24.3 Å². The normalized spacial score (nSPS) is 11.2. The van der Waals surface area contributed by atoms with Crippen molar-refractivity contribution in [1.29, 1.82) is 0 Å². The molecule has 1 N–H and O–H groups in total. The Kier molecular flexibility index (Phi) is 4.47. The van der Waals surface area contributed by atoms with E-state index in [1.807, 2.05) is 55.5 Å². The number of para-hydroxylation sites is 1. The molecule has 0 bridgehead atoms. The molecule has 0 aliphatic rings. The van der Waals surface area contributed by atoms with Crippen LogP contribution in [-0.2, 0) is 25.3 Å². The van der Waals surface area contributed by atoms with Gasteiger partial charge in [-0.05, 0) is 43.2 Å². The average Bonchev–Trinajstić information content (AvgIpc) is 2.91. The molecule has 6 heteroatoms. The standard InChI is InChI=1S/C22H22N4O2/c1-14-7-10-16-5-4-6-17(21(16)23-14)24-20(27)12-9-15-8-11-18-19(13-15)26(3)22(28)25(18)2/h4-8,10-11,13H,9,12H2,1-3H3,(H,24,27). The molecular formula is C22H22N4O2. The number of aryl methyl sites for hydroxylation is 4. The first-order chi connectivity index (χ1) is 13.4. The van der Waals surface area contributed by atoms with Gasteiger partial charge in [0.1, 0.15) is 0 Å². The van der Waals surface area contributed by atoms with Gasteiger partial charge in [0.2, 0.25) is 5.91 Å². The van der Waals surface area contributed by atoms with Crippen molar-refractivity contribution >= 4 is 33.5 Å². The molecule has 6 nitrogen and oxygen atoms in total. The Morgan fingerprint density at radius 2 is 1.82 bits per heavy atom. The molecule has 0 radical (unpaired) electrons. The zero-order valence-corrected chi connectivity index (χ0v) is 16.2. The van der Waals surface area contributed by atoms with E-state index < -0.39 is 0 Å². The van der Waals surface area contributed by atoms with Crippen molar-refractivity contribution in [2.75, 3.05) is 5.32 Å². The van der Waals surface area contributed by atoms with Gasteiger partial charge in [0, 0.05) is 31.6 Å². The first-order valence-electron chi connectivity index (χ1n) is 9.24. The number of anilines is 1. The Balaban J connectivity index is 1.51. The number of hydrogen-bond acceptors (Lipinski definition) is 3. The van der Waals surface area contributed by atoms with Gasteiger partial charge in [-0.3, -0.25) is 18.9 Å². The van der Waals surface area contributed by atoms with E-state index in [0.29, 0.717) is 12.8 Å². The molecule has 0 aliphatic carbocycles. The van der Waals surface area contributed by atoms with Crippen LogP contribution in [0.25, 0.3) is 21.9 Å². The number of aromatic nitrogens is 3. The number of amides is 1. The molecule has 2 aromatic heterocycles. The number of nitrogens with one attached hydrogen (secondary N) is 1. The molecular weight excluding hydrogens is 352 g/mol. The van der Waals surface area contributed by atoms with Crippen LogP contribution in [0.1, 0.15) is 17.7 Å². The minimum atomic E-state index is -0.0575. The van der Waals surface area contributed by atoms with Crippen molar-refractivity contribution < 1.29 is 4.79 Å². The number of hydrogen-bond donors (Lipinski definition) is 1. The summed E-state index contributed by atoms with van der Waals surface area (Å²) in [4.78, 5) is 29.1.